The molecule has 0 saturated carbocycles. The van der Waals surface area contributed by atoms with E-state index in [-0.39, 0.29) is 24.0 Å². The highest BCUT2D eigenvalue weighted by molar-refractivity contribution is 7.89. The van der Waals surface area contributed by atoms with Gasteiger partial charge in [0.15, 0.2) is 0 Å². The Morgan fingerprint density at radius 1 is 0.964 bits per heavy atom. The van der Waals surface area contributed by atoms with E-state index in [0.717, 1.165) is 11.1 Å². The number of hydrogen-bond acceptors (Lipinski definition) is 4. The number of rotatable bonds is 4. The first-order chi connectivity index (χ1) is 13.2. The number of carbonyl (C=O) groups excluding carboxylic acids is 1. The maximum Gasteiger partial charge on any atom is 0.253 e. The van der Waals surface area contributed by atoms with Crippen molar-refractivity contribution in [3.05, 3.63) is 64.7 Å². The first-order valence-electron chi connectivity index (χ1n) is 8.96. The summed E-state index contributed by atoms with van der Waals surface area (Å²) >= 11 is 4.92. The molecular weight excluding hydrogens is 394 g/mol. The molecule has 1 aliphatic rings. The summed E-state index contributed by atoms with van der Waals surface area (Å²) in [5, 5.41) is 0. The summed E-state index contributed by atoms with van der Waals surface area (Å²) < 4.78 is 27.5. The Kier molecular flexibility index (Phi) is 5.83. The molecule has 6 nitrogen and oxygen atoms in total. The number of nitrogens with two attached hydrogens (primary N) is 1. The van der Waals surface area contributed by atoms with Crippen LogP contribution in [0.25, 0.3) is 0 Å². The van der Waals surface area contributed by atoms with Gasteiger partial charge in [0.2, 0.25) is 10.0 Å². The molecule has 2 N–H and O–H groups in total. The van der Waals surface area contributed by atoms with Crippen molar-refractivity contribution in [2.45, 2.75) is 18.7 Å². The number of sulfonamides is 1. The lowest BCUT2D eigenvalue weighted by molar-refractivity contribution is 0.0698. The van der Waals surface area contributed by atoms with Gasteiger partial charge in [-0.2, -0.15) is 4.31 Å². The van der Waals surface area contributed by atoms with E-state index in [1.165, 1.54) is 4.31 Å². The van der Waals surface area contributed by atoms with Crippen LogP contribution in [0.15, 0.2) is 47.4 Å². The first-order valence-corrected chi connectivity index (χ1v) is 10.8. The van der Waals surface area contributed by atoms with E-state index in [0.29, 0.717) is 29.1 Å². The number of hydrogen-bond donors (Lipinski definition) is 1. The van der Waals surface area contributed by atoms with Crippen molar-refractivity contribution in [1.82, 2.24) is 9.21 Å². The zero-order valence-electron chi connectivity index (χ0n) is 15.9. The largest absolute Gasteiger partial charge is 0.389 e. The highest BCUT2D eigenvalue weighted by Crippen LogP contribution is 2.23. The van der Waals surface area contributed by atoms with Crippen LogP contribution in [0.3, 0.4) is 0 Å². The summed E-state index contributed by atoms with van der Waals surface area (Å²) in [7, 11) is -3.58. The van der Waals surface area contributed by atoms with Gasteiger partial charge in [0.05, 0.1) is 4.90 Å². The van der Waals surface area contributed by atoms with Crippen molar-refractivity contribution in [3.8, 4) is 0 Å². The van der Waals surface area contributed by atoms with Crippen molar-refractivity contribution >= 4 is 33.1 Å². The number of piperazine rings is 1. The standard InChI is InChI=1S/C20H23N3O3S2/c1-14-3-4-15(2)18(13-14)28(25,26)23-11-9-22(10-12-23)20(24)17-7-5-16(6-8-17)19(21)27/h3-8,13H,9-12H2,1-2H3,(H2,21,27). The van der Waals surface area contributed by atoms with Gasteiger partial charge in [-0.05, 0) is 43.2 Å². The predicted molar refractivity (Wildman–Crippen MR) is 113 cm³/mol. The van der Waals surface area contributed by atoms with Gasteiger partial charge in [-0.15, -0.1) is 0 Å². The van der Waals surface area contributed by atoms with Crippen LogP contribution in [0, 0.1) is 13.8 Å². The molecule has 2 aromatic rings. The molecular formula is C20H23N3O3S2. The fourth-order valence-corrected chi connectivity index (χ4v) is 5.08. The second-order valence-electron chi connectivity index (χ2n) is 6.91. The normalized spacial score (nSPS) is 15.4. The smallest absolute Gasteiger partial charge is 0.253 e. The first kappa shape index (κ1) is 20.4. The highest BCUT2D eigenvalue weighted by Gasteiger charge is 2.31. The van der Waals surface area contributed by atoms with Crippen LogP contribution >= 0.6 is 12.2 Å². The van der Waals surface area contributed by atoms with E-state index in [1.54, 1.807) is 42.2 Å². The maximum absolute atomic E-state index is 13.0. The fourth-order valence-electron chi connectivity index (χ4n) is 3.22. The van der Waals surface area contributed by atoms with E-state index in [9.17, 15) is 13.2 Å². The van der Waals surface area contributed by atoms with Crippen molar-refractivity contribution in [3.63, 3.8) is 0 Å². The van der Waals surface area contributed by atoms with E-state index < -0.39 is 10.0 Å². The van der Waals surface area contributed by atoms with Crippen LogP contribution in [0.5, 0.6) is 0 Å². The van der Waals surface area contributed by atoms with Gasteiger partial charge in [0, 0.05) is 37.3 Å². The van der Waals surface area contributed by atoms with Crippen molar-refractivity contribution in [2.75, 3.05) is 26.2 Å². The Hall–Kier alpha value is -2.29. The number of aryl methyl sites for hydroxylation is 2. The van der Waals surface area contributed by atoms with E-state index in [4.69, 9.17) is 18.0 Å². The van der Waals surface area contributed by atoms with Gasteiger partial charge < -0.3 is 10.6 Å². The highest BCUT2D eigenvalue weighted by atomic mass is 32.2. The molecule has 8 heteroatoms. The zero-order valence-corrected chi connectivity index (χ0v) is 17.5. The Bertz CT molecular complexity index is 1010. The molecule has 0 unspecified atom stereocenters. The summed E-state index contributed by atoms with van der Waals surface area (Å²) in [5.74, 6) is -0.127. The lowest BCUT2D eigenvalue weighted by Crippen LogP contribution is -2.50. The van der Waals surface area contributed by atoms with Gasteiger partial charge in [-0.3, -0.25) is 4.79 Å². The third-order valence-electron chi connectivity index (χ3n) is 4.90. The number of carbonyl (C=O) groups is 1. The molecule has 1 fully saturated rings. The topological polar surface area (TPSA) is 83.7 Å². The zero-order chi connectivity index (χ0) is 20.5. The third-order valence-corrected chi connectivity index (χ3v) is 7.18. The maximum atomic E-state index is 13.0. The van der Waals surface area contributed by atoms with Crippen LogP contribution < -0.4 is 5.73 Å². The Labute approximate surface area is 171 Å². The summed E-state index contributed by atoms with van der Waals surface area (Å²) in [4.78, 5) is 15.0. The van der Waals surface area contributed by atoms with Gasteiger partial charge in [0.1, 0.15) is 4.99 Å². The molecule has 2 aromatic carbocycles. The number of nitrogens with zero attached hydrogens (tertiary/aromatic N) is 2. The van der Waals surface area contributed by atoms with Gasteiger partial charge >= 0.3 is 0 Å². The third kappa shape index (κ3) is 4.09. The predicted octanol–water partition coefficient (Wildman–Crippen LogP) is 2.08. The molecule has 1 saturated heterocycles. The van der Waals surface area contributed by atoms with Gasteiger partial charge in [-0.25, -0.2) is 8.42 Å². The second-order valence-corrected chi connectivity index (χ2v) is 9.25. The van der Waals surface area contributed by atoms with E-state index in [1.807, 2.05) is 19.1 Å². The summed E-state index contributed by atoms with van der Waals surface area (Å²) in [6.07, 6.45) is 0. The quantitative estimate of drug-likeness (QED) is 0.770. The molecule has 0 atom stereocenters. The SMILES string of the molecule is Cc1ccc(C)c(S(=O)(=O)N2CCN(C(=O)c3ccc(C(N)=S)cc3)CC2)c1. The lowest BCUT2D eigenvalue weighted by Gasteiger charge is -2.34. The molecule has 0 aliphatic carbocycles. The Morgan fingerprint density at radius 3 is 2.11 bits per heavy atom. The van der Waals surface area contributed by atoms with Crippen LogP contribution in [-0.4, -0.2) is 54.7 Å². The molecule has 1 heterocycles. The average Bonchev–Trinajstić information content (AvgIpc) is 2.69. The van der Waals surface area contributed by atoms with Crippen molar-refractivity contribution in [2.24, 2.45) is 5.73 Å². The number of benzene rings is 2. The van der Waals surface area contributed by atoms with E-state index in [2.05, 4.69) is 0 Å². The summed E-state index contributed by atoms with van der Waals surface area (Å²) in [6.45, 7) is 4.90. The van der Waals surface area contributed by atoms with Crippen molar-refractivity contribution in [1.29, 1.82) is 0 Å². The average molecular weight is 418 g/mol. The molecule has 3 rings (SSSR count). The molecule has 0 radical (unpaired) electrons. The molecule has 0 aromatic heterocycles. The van der Waals surface area contributed by atoms with Crippen molar-refractivity contribution < 1.29 is 13.2 Å². The van der Waals surface area contributed by atoms with Gasteiger partial charge in [-0.1, -0.05) is 36.5 Å². The molecule has 148 valence electrons. The van der Waals surface area contributed by atoms with Gasteiger partial charge in [0.25, 0.3) is 5.91 Å². The molecule has 0 spiro atoms. The Balaban J connectivity index is 1.70. The van der Waals surface area contributed by atoms with Crippen LogP contribution in [0.1, 0.15) is 27.0 Å². The lowest BCUT2D eigenvalue weighted by atomic mass is 10.1. The second kappa shape index (κ2) is 7.98. The number of thiocarbonyl (C=S) groups is 1. The molecule has 1 amide bonds. The fraction of sp³-hybridized carbons (Fsp3) is 0.300. The van der Waals surface area contributed by atoms with Crippen LogP contribution in [0.2, 0.25) is 0 Å². The molecule has 28 heavy (non-hydrogen) atoms. The number of amides is 1. The summed E-state index contributed by atoms with van der Waals surface area (Å²) in [6, 6.07) is 12.2. The minimum Gasteiger partial charge on any atom is -0.389 e. The minimum atomic E-state index is -3.58. The Morgan fingerprint density at radius 2 is 1.54 bits per heavy atom. The molecule has 1 aliphatic heterocycles. The van der Waals surface area contributed by atoms with Crippen LogP contribution in [-0.2, 0) is 10.0 Å². The minimum absolute atomic E-state index is 0.127. The van der Waals surface area contributed by atoms with Crippen LogP contribution in [0.4, 0.5) is 0 Å². The van der Waals surface area contributed by atoms with E-state index >= 15 is 0 Å². The summed E-state index contributed by atoms with van der Waals surface area (Å²) in [5.41, 5.74) is 8.44. The molecule has 0 bridgehead atoms. The monoisotopic (exact) mass is 417 g/mol.